The quantitative estimate of drug-likeness (QED) is 0.771. The zero-order valence-corrected chi connectivity index (χ0v) is 13.6. The summed E-state index contributed by atoms with van der Waals surface area (Å²) in [6, 6.07) is 12.4. The van der Waals surface area contributed by atoms with Crippen molar-refractivity contribution in [1.29, 1.82) is 0 Å². The molecule has 0 saturated carbocycles. The molecule has 1 heterocycles. The van der Waals surface area contributed by atoms with E-state index in [1.165, 1.54) is 18.4 Å². The van der Waals surface area contributed by atoms with Gasteiger partial charge in [-0.05, 0) is 18.6 Å². The summed E-state index contributed by atoms with van der Waals surface area (Å²) in [5, 5.41) is 13.8. The van der Waals surface area contributed by atoms with Crippen LogP contribution in [0.1, 0.15) is 16.7 Å². The van der Waals surface area contributed by atoms with Gasteiger partial charge in [-0.25, -0.2) is 4.98 Å². The summed E-state index contributed by atoms with van der Waals surface area (Å²) < 4.78 is 6.27. The number of nitrogens with one attached hydrogen (secondary N) is 1. The molecule has 0 bridgehead atoms. The van der Waals surface area contributed by atoms with Gasteiger partial charge in [-0.15, -0.1) is 11.3 Å². The van der Waals surface area contributed by atoms with Gasteiger partial charge in [-0.3, -0.25) is 4.79 Å². The Morgan fingerprint density at radius 1 is 1.30 bits per heavy atom. The molecule has 2 N–H and O–H groups in total. The largest absolute Gasteiger partial charge is 0.494 e. The fourth-order valence-electron chi connectivity index (χ4n) is 2.32. The van der Waals surface area contributed by atoms with Crippen LogP contribution in [-0.2, 0) is 4.79 Å². The molecule has 118 valence electrons. The summed E-state index contributed by atoms with van der Waals surface area (Å²) in [6.07, 6.45) is -1.24. The molecule has 2 aromatic carbocycles. The van der Waals surface area contributed by atoms with E-state index < -0.39 is 12.0 Å². The van der Waals surface area contributed by atoms with E-state index in [0.29, 0.717) is 17.0 Å². The Morgan fingerprint density at radius 3 is 2.74 bits per heavy atom. The van der Waals surface area contributed by atoms with Crippen molar-refractivity contribution < 1.29 is 14.6 Å². The number of aliphatic hydroxyl groups excluding tert-OH is 1. The molecule has 1 aromatic heterocycles. The smallest absolute Gasteiger partial charge is 0.257 e. The molecule has 0 unspecified atom stereocenters. The van der Waals surface area contributed by atoms with E-state index in [1.54, 1.807) is 30.3 Å². The van der Waals surface area contributed by atoms with Crippen LogP contribution in [0.5, 0.6) is 5.75 Å². The number of anilines is 1. The normalized spacial score (nSPS) is 12.1. The van der Waals surface area contributed by atoms with Gasteiger partial charge >= 0.3 is 0 Å². The molecule has 0 fully saturated rings. The lowest BCUT2D eigenvalue weighted by Gasteiger charge is -2.14. The third-order valence-electron chi connectivity index (χ3n) is 3.44. The van der Waals surface area contributed by atoms with Gasteiger partial charge in [0.1, 0.15) is 5.75 Å². The van der Waals surface area contributed by atoms with E-state index in [1.807, 2.05) is 19.1 Å². The van der Waals surface area contributed by atoms with Gasteiger partial charge in [-0.1, -0.05) is 30.3 Å². The van der Waals surface area contributed by atoms with Gasteiger partial charge in [-0.2, -0.15) is 0 Å². The third kappa shape index (κ3) is 3.18. The van der Waals surface area contributed by atoms with Crippen molar-refractivity contribution in [2.75, 3.05) is 12.4 Å². The highest BCUT2D eigenvalue weighted by molar-refractivity contribution is 7.18. The molecule has 0 aliphatic heterocycles. The molecule has 0 radical (unpaired) electrons. The SMILES string of the molecule is COc1cc2nc(C)sc2cc1NC(=O)[C@@H](O)c1ccccc1. The van der Waals surface area contributed by atoms with Gasteiger partial charge in [0, 0.05) is 6.07 Å². The topological polar surface area (TPSA) is 71.5 Å². The number of hydrogen-bond donors (Lipinski definition) is 2. The van der Waals surface area contributed by atoms with Crippen molar-refractivity contribution in [2.45, 2.75) is 13.0 Å². The first-order chi connectivity index (χ1) is 11.1. The second-order valence-corrected chi connectivity index (χ2v) is 6.29. The molecule has 5 nitrogen and oxygen atoms in total. The Hall–Kier alpha value is -2.44. The number of aromatic nitrogens is 1. The van der Waals surface area contributed by atoms with Gasteiger partial charge in [0.15, 0.2) is 6.10 Å². The lowest BCUT2D eigenvalue weighted by molar-refractivity contribution is -0.124. The van der Waals surface area contributed by atoms with E-state index >= 15 is 0 Å². The number of thiazole rings is 1. The summed E-state index contributed by atoms with van der Waals surface area (Å²) >= 11 is 1.54. The van der Waals surface area contributed by atoms with Gasteiger partial charge < -0.3 is 15.2 Å². The number of fused-ring (bicyclic) bond motifs is 1. The lowest BCUT2D eigenvalue weighted by Crippen LogP contribution is -2.21. The zero-order valence-electron chi connectivity index (χ0n) is 12.7. The molecule has 23 heavy (non-hydrogen) atoms. The van der Waals surface area contributed by atoms with E-state index in [2.05, 4.69) is 10.3 Å². The maximum Gasteiger partial charge on any atom is 0.257 e. The minimum absolute atomic E-state index is 0.505. The van der Waals surface area contributed by atoms with Crippen molar-refractivity contribution in [3.8, 4) is 5.75 Å². The van der Waals surface area contributed by atoms with Crippen molar-refractivity contribution in [3.63, 3.8) is 0 Å². The molecule has 6 heteroatoms. The van der Waals surface area contributed by atoms with Crippen molar-refractivity contribution >= 4 is 33.1 Å². The molecule has 0 saturated heterocycles. The average molecular weight is 328 g/mol. The van der Waals surface area contributed by atoms with E-state index in [4.69, 9.17) is 4.74 Å². The van der Waals surface area contributed by atoms with Crippen LogP contribution < -0.4 is 10.1 Å². The molecule has 1 amide bonds. The summed E-state index contributed by atoms with van der Waals surface area (Å²) in [7, 11) is 1.53. The maximum absolute atomic E-state index is 12.3. The fraction of sp³-hybridized carbons (Fsp3) is 0.176. The number of aliphatic hydroxyl groups is 1. The minimum Gasteiger partial charge on any atom is -0.494 e. The van der Waals surface area contributed by atoms with Crippen LogP contribution in [0.25, 0.3) is 10.2 Å². The standard InChI is InChI=1S/C17H16N2O3S/c1-10-18-13-8-14(22-2)12(9-15(13)23-10)19-17(21)16(20)11-6-4-3-5-7-11/h3-9,16,20H,1-2H3,(H,19,21)/t16-/m0/s1. The minimum atomic E-state index is -1.24. The number of carbonyl (C=O) groups is 1. The Labute approximate surface area is 137 Å². The first-order valence-electron chi connectivity index (χ1n) is 7.07. The number of methoxy groups -OCH3 is 1. The van der Waals surface area contributed by atoms with Gasteiger partial charge in [0.2, 0.25) is 0 Å². The number of rotatable bonds is 4. The summed E-state index contributed by atoms with van der Waals surface area (Å²) in [5.74, 6) is 0.00602. The van der Waals surface area contributed by atoms with Crippen LogP contribution in [-0.4, -0.2) is 23.1 Å². The van der Waals surface area contributed by atoms with Crippen LogP contribution in [0.2, 0.25) is 0 Å². The van der Waals surface area contributed by atoms with Crippen molar-refractivity contribution in [1.82, 2.24) is 4.98 Å². The predicted molar refractivity (Wildman–Crippen MR) is 90.9 cm³/mol. The van der Waals surface area contributed by atoms with E-state index in [-0.39, 0.29) is 0 Å². The van der Waals surface area contributed by atoms with Crippen LogP contribution >= 0.6 is 11.3 Å². The van der Waals surface area contributed by atoms with Crippen LogP contribution in [0.3, 0.4) is 0 Å². The highest BCUT2D eigenvalue weighted by Crippen LogP contribution is 2.33. The number of aryl methyl sites for hydroxylation is 1. The molecule has 0 aliphatic carbocycles. The van der Waals surface area contributed by atoms with E-state index in [0.717, 1.165) is 15.2 Å². The Bertz CT molecular complexity index is 846. The molecule has 3 aromatic rings. The summed E-state index contributed by atoms with van der Waals surface area (Å²) in [5.41, 5.74) is 1.88. The second kappa shape index (κ2) is 6.36. The zero-order chi connectivity index (χ0) is 16.4. The Morgan fingerprint density at radius 2 is 2.04 bits per heavy atom. The first kappa shape index (κ1) is 15.5. The monoisotopic (exact) mass is 328 g/mol. The Balaban J connectivity index is 1.89. The second-order valence-electron chi connectivity index (χ2n) is 5.06. The summed E-state index contributed by atoms with van der Waals surface area (Å²) in [6.45, 7) is 1.93. The fourth-order valence-corrected chi connectivity index (χ4v) is 3.17. The van der Waals surface area contributed by atoms with Crippen LogP contribution in [0.4, 0.5) is 5.69 Å². The predicted octanol–water partition coefficient (Wildman–Crippen LogP) is 3.29. The van der Waals surface area contributed by atoms with Crippen molar-refractivity contribution in [2.24, 2.45) is 0 Å². The number of nitrogens with zero attached hydrogens (tertiary/aromatic N) is 1. The first-order valence-corrected chi connectivity index (χ1v) is 7.89. The van der Waals surface area contributed by atoms with Crippen LogP contribution in [0.15, 0.2) is 42.5 Å². The van der Waals surface area contributed by atoms with Crippen LogP contribution in [0, 0.1) is 6.92 Å². The number of ether oxygens (including phenoxy) is 1. The molecule has 1 atom stereocenters. The number of carbonyl (C=O) groups excluding carboxylic acids is 1. The number of amides is 1. The highest BCUT2D eigenvalue weighted by Gasteiger charge is 2.19. The Kier molecular flexibility index (Phi) is 4.27. The number of hydrogen-bond acceptors (Lipinski definition) is 5. The average Bonchev–Trinajstić information content (AvgIpc) is 2.93. The molecule has 3 rings (SSSR count). The molecule has 0 spiro atoms. The lowest BCUT2D eigenvalue weighted by atomic mass is 10.1. The summed E-state index contributed by atoms with van der Waals surface area (Å²) in [4.78, 5) is 16.7. The molecular formula is C17H16N2O3S. The molecular weight excluding hydrogens is 312 g/mol. The maximum atomic E-state index is 12.3. The van der Waals surface area contributed by atoms with Crippen molar-refractivity contribution in [3.05, 3.63) is 53.0 Å². The third-order valence-corrected chi connectivity index (χ3v) is 4.37. The van der Waals surface area contributed by atoms with Gasteiger partial charge in [0.25, 0.3) is 5.91 Å². The van der Waals surface area contributed by atoms with Gasteiger partial charge in [0.05, 0.1) is 28.0 Å². The van der Waals surface area contributed by atoms with E-state index in [9.17, 15) is 9.90 Å². The number of benzene rings is 2. The molecule has 0 aliphatic rings. The highest BCUT2D eigenvalue weighted by atomic mass is 32.1.